The third-order valence-corrected chi connectivity index (χ3v) is 2.68. The number of carbonyl (C=O) groups excluding carboxylic acids is 2. The summed E-state index contributed by atoms with van der Waals surface area (Å²) in [5.41, 5.74) is -0.519. The summed E-state index contributed by atoms with van der Waals surface area (Å²) in [5, 5.41) is 8.78. The molecule has 0 saturated carbocycles. The molecule has 0 aliphatic carbocycles. The molecule has 0 aromatic carbocycles. The zero-order valence-electron chi connectivity index (χ0n) is 10.5. The maximum atomic E-state index is 11.7. The van der Waals surface area contributed by atoms with Gasteiger partial charge in [0.05, 0.1) is 6.07 Å². The largest absolute Gasteiger partial charge is 0.444 e. The van der Waals surface area contributed by atoms with Crippen molar-refractivity contribution in [3.8, 4) is 6.07 Å². The van der Waals surface area contributed by atoms with Gasteiger partial charge in [-0.1, -0.05) is 0 Å². The molecule has 17 heavy (non-hydrogen) atoms. The van der Waals surface area contributed by atoms with Gasteiger partial charge < -0.3 is 14.4 Å². The number of carbonyl (C=O) groups is 2. The van der Waals surface area contributed by atoms with Crippen LogP contribution >= 0.6 is 0 Å². The number of hydrogen-bond donors (Lipinski definition) is 0. The molecule has 0 aromatic rings. The number of likely N-dealkylation sites (tertiary alicyclic amines) is 1. The number of nitriles is 1. The van der Waals surface area contributed by atoms with Crippen molar-refractivity contribution in [1.82, 2.24) is 4.90 Å². The summed E-state index contributed by atoms with van der Waals surface area (Å²) in [6.45, 7) is 6.39. The van der Waals surface area contributed by atoms with Gasteiger partial charge >= 0.3 is 6.09 Å². The Hall–Kier alpha value is -1.57. The standard InChI is InChI=1S/C12H18N2O3/c1-12(2,3)17-11(16)14-5-4-9(7-14)10(6-13)8-15/h8-10H,4-5,7H2,1-3H3. The van der Waals surface area contributed by atoms with Crippen molar-refractivity contribution in [2.45, 2.75) is 32.8 Å². The van der Waals surface area contributed by atoms with Gasteiger partial charge in [-0.25, -0.2) is 4.79 Å². The van der Waals surface area contributed by atoms with Gasteiger partial charge in [0.15, 0.2) is 0 Å². The molecule has 5 heteroatoms. The van der Waals surface area contributed by atoms with Gasteiger partial charge in [0.1, 0.15) is 17.8 Å². The smallest absolute Gasteiger partial charge is 0.410 e. The minimum atomic E-state index is -0.623. The van der Waals surface area contributed by atoms with Gasteiger partial charge in [-0.2, -0.15) is 5.26 Å². The summed E-state index contributed by atoms with van der Waals surface area (Å²) >= 11 is 0. The Labute approximate surface area is 101 Å². The lowest BCUT2D eigenvalue weighted by Gasteiger charge is -2.24. The lowest BCUT2D eigenvalue weighted by molar-refractivity contribution is -0.110. The molecule has 1 amide bonds. The van der Waals surface area contributed by atoms with Crippen LogP contribution in [0.5, 0.6) is 0 Å². The van der Waals surface area contributed by atoms with E-state index in [4.69, 9.17) is 10.00 Å². The fourth-order valence-electron chi connectivity index (χ4n) is 1.82. The Balaban J connectivity index is 2.53. The summed E-state index contributed by atoms with van der Waals surface area (Å²) in [6.07, 6.45) is 0.960. The van der Waals surface area contributed by atoms with E-state index in [1.165, 1.54) is 0 Å². The predicted molar refractivity (Wildman–Crippen MR) is 61.1 cm³/mol. The Kier molecular flexibility index (Phi) is 4.11. The fraction of sp³-hybridized carbons (Fsp3) is 0.750. The lowest BCUT2D eigenvalue weighted by Crippen LogP contribution is -2.35. The van der Waals surface area contributed by atoms with Crippen LogP contribution in [0.1, 0.15) is 27.2 Å². The first kappa shape index (κ1) is 13.5. The molecule has 1 fully saturated rings. The first-order chi connectivity index (χ1) is 7.87. The lowest BCUT2D eigenvalue weighted by atomic mass is 9.94. The van der Waals surface area contributed by atoms with Crippen LogP contribution in [0.4, 0.5) is 4.79 Å². The van der Waals surface area contributed by atoms with Gasteiger partial charge in [-0.15, -0.1) is 0 Å². The van der Waals surface area contributed by atoms with Crippen molar-refractivity contribution in [3.63, 3.8) is 0 Å². The van der Waals surface area contributed by atoms with Crippen LogP contribution in [-0.2, 0) is 9.53 Å². The van der Waals surface area contributed by atoms with Crippen molar-refractivity contribution in [3.05, 3.63) is 0 Å². The van der Waals surface area contributed by atoms with Gasteiger partial charge in [-0.05, 0) is 27.2 Å². The Morgan fingerprint density at radius 3 is 2.71 bits per heavy atom. The fourth-order valence-corrected chi connectivity index (χ4v) is 1.82. The minimum Gasteiger partial charge on any atom is -0.444 e. The molecule has 0 spiro atoms. The molecule has 0 radical (unpaired) electrons. The van der Waals surface area contributed by atoms with E-state index in [0.29, 0.717) is 25.8 Å². The molecule has 0 aromatic heterocycles. The van der Waals surface area contributed by atoms with Gasteiger partial charge in [0.2, 0.25) is 0 Å². The number of hydrogen-bond acceptors (Lipinski definition) is 4. The normalized spacial score (nSPS) is 21.8. The van der Waals surface area contributed by atoms with Crippen molar-refractivity contribution < 1.29 is 14.3 Å². The Bertz CT molecular complexity index is 341. The molecule has 2 unspecified atom stereocenters. The Morgan fingerprint density at radius 2 is 2.24 bits per heavy atom. The second-order valence-electron chi connectivity index (χ2n) is 5.27. The van der Waals surface area contributed by atoms with Gasteiger partial charge in [0, 0.05) is 19.0 Å². The van der Waals surface area contributed by atoms with Crippen molar-refractivity contribution in [2.24, 2.45) is 11.8 Å². The molecule has 1 aliphatic heterocycles. The number of aldehydes is 1. The molecule has 2 atom stereocenters. The van der Waals surface area contributed by atoms with Gasteiger partial charge in [-0.3, -0.25) is 0 Å². The number of nitrogens with zero attached hydrogens (tertiary/aromatic N) is 2. The quantitative estimate of drug-likeness (QED) is 0.685. The van der Waals surface area contributed by atoms with E-state index in [9.17, 15) is 9.59 Å². The third kappa shape index (κ3) is 3.74. The monoisotopic (exact) mass is 238 g/mol. The number of rotatable bonds is 2. The van der Waals surface area contributed by atoms with E-state index in [1.54, 1.807) is 4.90 Å². The average Bonchev–Trinajstić information content (AvgIpc) is 2.66. The van der Waals surface area contributed by atoms with E-state index < -0.39 is 11.5 Å². The van der Waals surface area contributed by atoms with Crippen molar-refractivity contribution in [1.29, 1.82) is 5.26 Å². The molecule has 5 nitrogen and oxygen atoms in total. The highest BCUT2D eigenvalue weighted by Gasteiger charge is 2.33. The highest BCUT2D eigenvalue weighted by atomic mass is 16.6. The topological polar surface area (TPSA) is 70.4 Å². The molecular formula is C12H18N2O3. The molecule has 1 heterocycles. The molecule has 94 valence electrons. The van der Waals surface area contributed by atoms with Crippen molar-refractivity contribution >= 4 is 12.4 Å². The summed E-state index contributed by atoms with van der Waals surface area (Å²) in [6, 6.07) is 1.95. The van der Waals surface area contributed by atoms with E-state index in [-0.39, 0.29) is 12.0 Å². The summed E-state index contributed by atoms with van der Waals surface area (Å²) in [7, 11) is 0. The molecular weight excluding hydrogens is 220 g/mol. The maximum Gasteiger partial charge on any atom is 0.410 e. The van der Waals surface area contributed by atoms with Gasteiger partial charge in [0.25, 0.3) is 0 Å². The number of ether oxygens (including phenoxy) is 1. The summed E-state index contributed by atoms with van der Waals surface area (Å²) in [4.78, 5) is 24.0. The Morgan fingerprint density at radius 1 is 1.59 bits per heavy atom. The van der Waals surface area contributed by atoms with Crippen LogP contribution in [0, 0.1) is 23.2 Å². The molecule has 1 rings (SSSR count). The van der Waals surface area contributed by atoms with E-state index in [2.05, 4.69) is 0 Å². The molecule has 0 N–H and O–H groups in total. The van der Waals surface area contributed by atoms with Crippen LogP contribution in [0.2, 0.25) is 0 Å². The second-order valence-corrected chi connectivity index (χ2v) is 5.27. The third-order valence-electron chi connectivity index (χ3n) is 2.68. The van der Waals surface area contributed by atoms with Crippen molar-refractivity contribution in [2.75, 3.05) is 13.1 Å². The molecule has 1 aliphatic rings. The van der Waals surface area contributed by atoms with Crippen LogP contribution < -0.4 is 0 Å². The van der Waals surface area contributed by atoms with Crippen LogP contribution in [0.3, 0.4) is 0 Å². The maximum absolute atomic E-state index is 11.7. The predicted octanol–water partition coefficient (Wildman–Crippen LogP) is 1.58. The SMILES string of the molecule is CC(C)(C)OC(=O)N1CCC(C(C#N)C=O)C1. The molecule has 1 saturated heterocycles. The first-order valence-electron chi connectivity index (χ1n) is 5.70. The zero-order chi connectivity index (χ0) is 13.1. The van der Waals surface area contributed by atoms with Crippen LogP contribution in [0.25, 0.3) is 0 Å². The highest BCUT2D eigenvalue weighted by Crippen LogP contribution is 2.24. The van der Waals surface area contributed by atoms with E-state index in [1.807, 2.05) is 26.8 Å². The first-order valence-corrected chi connectivity index (χ1v) is 5.70. The van der Waals surface area contributed by atoms with Crippen LogP contribution in [-0.4, -0.2) is 36.0 Å². The van der Waals surface area contributed by atoms with E-state index >= 15 is 0 Å². The average molecular weight is 238 g/mol. The van der Waals surface area contributed by atoms with E-state index in [0.717, 1.165) is 0 Å². The zero-order valence-corrected chi connectivity index (χ0v) is 10.5. The highest BCUT2D eigenvalue weighted by molar-refractivity contribution is 5.69. The van der Waals surface area contributed by atoms with Crippen LogP contribution in [0.15, 0.2) is 0 Å². The number of amides is 1. The summed E-state index contributed by atoms with van der Waals surface area (Å²) < 4.78 is 5.23. The minimum absolute atomic E-state index is 0.0648. The second kappa shape index (κ2) is 5.17. The summed E-state index contributed by atoms with van der Waals surface area (Å²) in [5.74, 6) is -0.688. The molecule has 0 bridgehead atoms.